The zero-order chi connectivity index (χ0) is 18.4. The summed E-state index contributed by atoms with van der Waals surface area (Å²) in [4.78, 5) is 16.7. The number of hydrogen-bond donors (Lipinski definition) is 0. The molecule has 0 saturated carbocycles. The van der Waals surface area contributed by atoms with Crippen LogP contribution < -0.4 is 0 Å². The Morgan fingerprint density at radius 2 is 1.84 bits per heavy atom. The van der Waals surface area contributed by atoms with Gasteiger partial charge >= 0.3 is 6.18 Å². The van der Waals surface area contributed by atoms with E-state index in [1.165, 1.54) is 6.07 Å². The summed E-state index contributed by atoms with van der Waals surface area (Å²) < 4.78 is 38.9. The lowest BCUT2D eigenvalue weighted by Crippen LogP contribution is -2.07. The number of alkyl halides is 3. The Bertz CT molecular complexity index is 936. The fraction of sp³-hybridized carbons (Fsp3) is 0.200. The molecule has 0 fully saturated rings. The fourth-order valence-corrected chi connectivity index (χ4v) is 3.07. The molecule has 0 radical (unpaired) electrons. The molecular formula is C20H16F3NO. The summed E-state index contributed by atoms with van der Waals surface area (Å²) in [5.41, 5.74) is 3.59. The van der Waals surface area contributed by atoms with Crippen molar-refractivity contribution in [1.82, 2.24) is 4.98 Å². The highest BCUT2D eigenvalue weighted by Gasteiger charge is 2.35. The SMILES string of the molecule is C/C=C(/C)c1cnccc1C1=C(C)C(=O)c2cc(C(F)(F)F)ccc21. The van der Waals surface area contributed by atoms with Crippen molar-refractivity contribution in [3.63, 3.8) is 0 Å². The van der Waals surface area contributed by atoms with Crippen molar-refractivity contribution >= 4 is 16.9 Å². The Morgan fingerprint density at radius 3 is 2.48 bits per heavy atom. The molecule has 1 aromatic carbocycles. The Labute approximate surface area is 143 Å². The van der Waals surface area contributed by atoms with Gasteiger partial charge in [0.15, 0.2) is 5.78 Å². The number of aromatic nitrogens is 1. The van der Waals surface area contributed by atoms with Crippen LogP contribution in [0.15, 0.2) is 48.3 Å². The number of ketones is 1. The molecule has 128 valence electrons. The van der Waals surface area contributed by atoms with Gasteiger partial charge in [0.05, 0.1) is 5.56 Å². The van der Waals surface area contributed by atoms with E-state index in [9.17, 15) is 18.0 Å². The second-order valence-corrected chi connectivity index (χ2v) is 5.98. The monoisotopic (exact) mass is 343 g/mol. The first-order valence-electron chi connectivity index (χ1n) is 7.80. The zero-order valence-corrected chi connectivity index (χ0v) is 14.0. The second-order valence-electron chi connectivity index (χ2n) is 5.98. The zero-order valence-electron chi connectivity index (χ0n) is 14.0. The topological polar surface area (TPSA) is 30.0 Å². The van der Waals surface area contributed by atoms with Crippen LogP contribution in [0.2, 0.25) is 0 Å². The van der Waals surface area contributed by atoms with Crippen molar-refractivity contribution in [3.05, 3.63) is 76.1 Å². The number of fused-ring (bicyclic) bond motifs is 1. The van der Waals surface area contributed by atoms with Crippen LogP contribution in [0.3, 0.4) is 0 Å². The maximum absolute atomic E-state index is 13.0. The normalized spacial score (nSPS) is 15.0. The molecule has 3 rings (SSSR count). The van der Waals surface area contributed by atoms with E-state index in [0.717, 1.165) is 28.8 Å². The van der Waals surface area contributed by atoms with Crippen LogP contribution in [-0.4, -0.2) is 10.8 Å². The van der Waals surface area contributed by atoms with Gasteiger partial charge in [-0.25, -0.2) is 0 Å². The molecule has 0 saturated heterocycles. The van der Waals surface area contributed by atoms with Crippen molar-refractivity contribution in [2.24, 2.45) is 0 Å². The van der Waals surface area contributed by atoms with E-state index in [4.69, 9.17) is 0 Å². The molecule has 2 aromatic rings. The number of hydrogen-bond acceptors (Lipinski definition) is 2. The van der Waals surface area contributed by atoms with Crippen LogP contribution in [0.5, 0.6) is 0 Å². The van der Waals surface area contributed by atoms with Crippen molar-refractivity contribution in [3.8, 4) is 0 Å². The molecule has 5 heteroatoms. The maximum atomic E-state index is 13.0. The van der Waals surface area contributed by atoms with E-state index < -0.39 is 11.7 Å². The standard InChI is InChI=1S/C20H16F3NO/c1-4-11(2)17-10-24-8-7-15(17)18-12(3)19(25)16-9-13(20(21,22)23)5-6-14(16)18/h4-10H,1-3H3/b11-4-. The highest BCUT2D eigenvalue weighted by molar-refractivity contribution is 6.23. The van der Waals surface area contributed by atoms with E-state index in [1.54, 1.807) is 25.4 Å². The second kappa shape index (κ2) is 5.99. The molecule has 1 heterocycles. The lowest BCUT2D eigenvalue weighted by atomic mass is 9.92. The first-order chi connectivity index (χ1) is 11.8. The number of carbonyl (C=O) groups is 1. The average molecular weight is 343 g/mol. The van der Waals surface area contributed by atoms with Crippen molar-refractivity contribution < 1.29 is 18.0 Å². The lowest BCUT2D eigenvalue weighted by Gasteiger charge is -2.13. The van der Waals surface area contributed by atoms with E-state index in [2.05, 4.69) is 4.98 Å². The molecular weight excluding hydrogens is 327 g/mol. The van der Waals surface area contributed by atoms with Gasteiger partial charge in [-0.1, -0.05) is 12.1 Å². The third-order valence-corrected chi connectivity index (χ3v) is 4.52. The van der Waals surface area contributed by atoms with Crippen molar-refractivity contribution in [1.29, 1.82) is 0 Å². The van der Waals surface area contributed by atoms with Gasteiger partial charge < -0.3 is 0 Å². The van der Waals surface area contributed by atoms with Crippen LogP contribution in [0.1, 0.15) is 53.4 Å². The molecule has 0 unspecified atom stereocenters. The van der Waals surface area contributed by atoms with Gasteiger partial charge in [0.2, 0.25) is 0 Å². The highest BCUT2D eigenvalue weighted by atomic mass is 19.4. The predicted octanol–water partition coefficient (Wildman–Crippen LogP) is 5.54. The number of halogens is 3. The molecule has 1 aliphatic rings. The summed E-state index contributed by atoms with van der Waals surface area (Å²) >= 11 is 0. The van der Waals surface area contributed by atoms with Crippen LogP contribution in [-0.2, 0) is 6.18 Å². The number of nitrogens with zero attached hydrogens (tertiary/aromatic N) is 1. The summed E-state index contributed by atoms with van der Waals surface area (Å²) in [6.07, 6.45) is 0.780. The highest BCUT2D eigenvalue weighted by Crippen LogP contribution is 2.42. The Kier molecular flexibility index (Phi) is 4.11. The number of benzene rings is 1. The van der Waals surface area contributed by atoms with E-state index in [-0.39, 0.29) is 11.3 Å². The third kappa shape index (κ3) is 2.80. The molecule has 0 amide bonds. The van der Waals surface area contributed by atoms with Gasteiger partial charge in [0, 0.05) is 29.1 Å². The Hall–Kier alpha value is -2.69. The van der Waals surface area contributed by atoms with E-state index >= 15 is 0 Å². The van der Waals surface area contributed by atoms with Gasteiger partial charge in [0.25, 0.3) is 0 Å². The summed E-state index contributed by atoms with van der Waals surface area (Å²) in [5.74, 6) is -0.364. The van der Waals surface area contributed by atoms with Crippen molar-refractivity contribution in [2.75, 3.05) is 0 Å². The fourth-order valence-electron chi connectivity index (χ4n) is 3.07. The number of allylic oxidation sites excluding steroid dienone is 3. The molecule has 1 aliphatic carbocycles. The maximum Gasteiger partial charge on any atom is 0.416 e. The van der Waals surface area contributed by atoms with Gasteiger partial charge in [-0.15, -0.1) is 0 Å². The van der Waals surface area contributed by atoms with Gasteiger partial charge in [0.1, 0.15) is 0 Å². The molecule has 1 aromatic heterocycles. The predicted molar refractivity (Wildman–Crippen MR) is 91.0 cm³/mol. The summed E-state index contributed by atoms with van der Waals surface area (Å²) in [7, 11) is 0. The number of Topliss-reactive ketones (excluding diaryl/α,β-unsaturated/α-hetero) is 1. The third-order valence-electron chi connectivity index (χ3n) is 4.52. The minimum Gasteiger partial charge on any atom is -0.289 e. The Balaban J connectivity index is 2.24. The van der Waals surface area contributed by atoms with Crippen LogP contribution >= 0.6 is 0 Å². The molecule has 0 aliphatic heterocycles. The largest absolute Gasteiger partial charge is 0.416 e. The Morgan fingerprint density at radius 1 is 1.12 bits per heavy atom. The van der Waals surface area contributed by atoms with Gasteiger partial charge in [-0.2, -0.15) is 13.2 Å². The summed E-state index contributed by atoms with van der Waals surface area (Å²) in [5, 5.41) is 0. The molecule has 0 N–H and O–H groups in total. The lowest BCUT2D eigenvalue weighted by molar-refractivity contribution is -0.137. The van der Waals surface area contributed by atoms with Crippen LogP contribution in [0.4, 0.5) is 13.2 Å². The summed E-state index contributed by atoms with van der Waals surface area (Å²) in [6.45, 7) is 5.48. The number of rotatable bonds is 2. The number of pyridine rings is 1. The minimum atomic E-state index is -4.48. The molecule has 0 atom stereocenters. The molecule has 2 nitrogen and oxygen atoms in total. The van der Waals surface area contributed by atoms with Crippen molar-refractivity contribution in [2.45, 2.75) is 26.9 Å². The van der Waals surface area contributed by atoms with Gasteiger partial charge in [-0.05, 0) is 61.2 Å². The molecule has 25 heavy (non-hydrogen) atoms. The average Bonchev–Trinajstić information content (AvgIpc) is 2.84. The summed E-state index contributed by atoms with van der Waals surface area (Å²) in [6, 6.07) is 5.14. The quantitative estimate of drug-likeness (QED) is 0.716. The minimum absolute atomic E-state index is 0.100. The molecule has 0 spiro atoms. The van der Waals surface area contributed by atoms with E-state index in [0.29, 0.717) is 16.7 Å². The first kappa shape index (κ1) is 17.1. The van der Waals surface area contributed by atoms with Crippen LogP contribution in [0, 0.1) is 0 Å². The van der Waals surface area contributed by atoms with E-state index in [1.807, 2.05) is 19.9 Å². The first-order valence-corrected chi connectivity index (χ1v) is 7.80. The van der Waals surface area contributed by atoms with Gasteiger partial charge in [-0.3, -0.25) is 9.78 Å². The number of carbonyl (C=O) groups excluding carboxylic acids is 1. The molecule has 0 bridgehead atoms. The smallest absolute Gasteiger partial charge is 0.289 e. The van der Waals surface area contributed by atoms with Crippen LogP contribution in [0.25, 0.3) is 11.1 Å².